The monoisotopic (exact) mass is 267 g/mol. The Morgan fingerprint density at radius 3 is 2.15 bits per heavy atom. The molecule has 1 nitrogen and oxygen atoms in total. The van der Waals surface area contributed by atoms with E-state index in [-0.39, 0.29) is 0 Å². The zero-order chi connectivity index (χ0) is 14.7. The van der Waals surface area contributed by atoms with Gasteiger partial charge < -0.3 is 4.74 Å². The molecular weight excluding hydrogens is 244 g/mol. The lowest BCUT2D eigenvalue weighted by Crippen LogP contribution is -1.98. The fourth-order valence-electron chi connectivity index (χ4n) is 2.42. The quantitative estimate of drug-likeness (QED) is 0.719. The van der Waals surface area contributed by atoms with Crippen molar-refractivity contribution >= 4 is 0 Å². The Morgan fingerprint density at radius 1 is 0.850 bits per heavy atom. The van der Waals surface area contributed by atoms with E-state index in [1.807, 2.05) is 12.1 Å². The molecule has 105 valence electrons. The summed E-state index contributed by atoms with van der Waals surface area (Å²) in [7, 11) is 1.72. The van der Waals surface area contributed by atoms with Crippen molar-refractivity contribution in [3.63, 3.8) is 0 Å². The van der Waals surface area contributed by atoms with Gasteiger partial charge in [0.05, 0.1) is 7.11 Å². The van der Waals surface area contributed by atoms with Gasteiger partial charge >= 0.3 is 0 Å². The Kier molecular flexibility index (Phi) is 4.49. The van der Waals surface area contributed by atoms with Crippen LogP contribution in [0.3, 0.4) is 0 Å². The lowest BCUT2D eigenvalue weighted by atomic mass is 9.88. The number of rotatable bonds is 4. The second-order valence-electron chi connectivity index (χ2n) is 5.75. The molecule has 0 bridgehead atoms. The van der Waals surface area contributed by atoms with Crippen LogP contribution in [0.25, 0.3) is 11.1 Å². The molecule has 2 rings (SSSR count). The number of hydrogen-bond acceptors (Lipinski definition) is 1. The smallest absolute Gasteiger partial charge is 0.126 e. The molecule has 0 aliphatic rings. The third-order valence-electron chi connectivity index (χ3n) is 3.60. The molecular formula is C19H23O. The molecule has 0 atom stereocenters. The van der Waals surface area contributed by atoms with E-state index in [9.17, 15) is 0 Å². The van der Waals surface area contributed by atoms with E-state index < -0.39 is 0 Å². The summed E-state index contributed by atoms with van der Waals surface area (Å²) in [6.07, 6.45) is 0. The predicted molar refractivity (Wildman–Crippen MR) is 85.4 cm³/mol. The SMILES string of the molecule is COc1ccccc1-c1ccc(C(C)C)[c]c1C(C)C. The highest BCUT2D eigenvalue weighted by Gasteiger charge is 2.14. The fraction of sp³-hybridized carbons (Fsp3) is 0.368. The summed E-state index contributed by atoms with van der Waals surface area (Å²) < 4.78 is 5.50. The van der Waals surface area contributed by atoms with Crippen molar-refractivity contribution in [3.05, 3.63) is 53.6 Å². The van der Waals surface area contributed by atoms with Crippen molar-refractivity contribution in [1.82, 2.24) is 0 Å². The van der Waals surface area contributed by atoms with Crippen LogP contribution < -0.4 is 4.74 Å². The molecule has 0 aliphatic carbocycles. The molecule has 0 heterocycles. The molecule has 0 aliphatic heterocycles. The number of ether oxygens (including phenoxy) is 1. The maximum Gasteiger partial charge on any atom is 0.126 e. The molecule has 2 aromatic carbocycles. The van der Waals surface area contributed by atoms with Crippen molar-refractivity contribution in [3.8, 4) is 16.9 Å². The molecule has 0 fully saturated rings. The number of methoxy groups -OCH3 is 1. The molecule has 0 unspecified atom stereocenters. The maximum absolute atomic E-state index is 5.50. The molecule has 0 spiro atoms. The minimum atomic E-state index is 0.439. The van der Waals surface area contributed by atoms with Crippen LogP contribution in [0.15, 0.2) is 36.4 Å². The van der Waals surface area contributed by atoms with Gasteiger partial charge in [-0.15, -0.1) is 0 Å². The Morgan fingerprint density at radius 2 is 1.55 bits per heavy atom. The van der Waals surface area contributed by atoms with E-state index in [0.29, 0.717) is 11.8 Å². The molecule has 2 aromatic rings. The second kappa shape index (κ2) is 6.13. The van der Waals surface area contributed by atoms with Crippen molar-refractivity contribution in [1.29, 1.82) is 0 Å². The summed E-state index contributed by atoms with van der Waals surface area (Å²) in [6, 6.07) is 16.2. The zero-order valence-corrected chi connectivity index (χ0v) is 13.0. The number of hydrogen-bond donors (Lipinski definition) is 0. The zero-order valence-electron chi connectivity index (χ0n) is 13.0. The van der Waals surface area contributed by atoms with Gasteiger partial charge in [-0.2, -0.15) is 0 Å². The van der Waals surface area contributed by atoms with E-state index in [2.05, 4.69) is 58.0 Å². The Bertz CT molecular complexity index is 582. The summed E-state index contributed by atoms with van der Waals surface area (Å²) in [5.41, 5.74) is 4.90. The Hall–Kier alpha value is -1.76. The van der Waals surface area contributed by atoms with Gasteiger partial charge in [0.1, 0.15) is 5.75 Å². The van der Waals surface area contributed by atoms with Crippen molar-refractivity contribution in [2.24, 2.45) is 0 Å². The molecule has 1 radical (unpaired) electrons. The molecule has 0 saturated carbocycles. The standard InChI is InChI=1S/C19H23O/c1-13(2)15-10-11-16(18(12-15)14(3)4)17-8-6-7-9-19(17)20-5/h6-11,13-14H,1-5H3. The molecule has 0 saturated heterocycles. The summed E-state index contributed by atoms with van der Waals surface area (Å²) in [5, 5.41) is 0. The highest BCUT2D eigenvalue weighted by atomic mass is 16.5. The minimum absolute atomic E-state index is 0.439. The molecule has 1 heteroatoms. The Balaban J connectivity index is 2.61. The number of para-hydroxylation sites is 1. The lowest BCUT2D eigenvalue weighted by molar-refractivity contribution is 0.416. The van der Waals surface area contributed by atoms with Gasteiger partial charge in [-0.25, -0.2) is 0 Å². The van der Waals surface area contributed by atoms with Gasteiger partial charge in [-0.1, -0.05) is 58.0 Å². The summed E-state index contributed by atoms with van der Waals surface area (Å²) in [4.78, 5) is 0. The summed E-state index contributed by atoms with van der Waals surface area (Å²) in [6.45, 7) is 8.85. The van der Waals surface area contributed by atoms with Gasteiger partial charge in [0.25, 0.3) is 0 Å². The van der Waals surface area contributed by atoms with Crippen LogP contribution in [-0.4, -0.2) is 7.11 Å². The predicted octanol–water partition coefficient (Wildman–Crippen LogP) is 5.41. The van der Waals surface area contributed by atoms with Crippen LogP contribution in [-0.2, 0) is 0 Å². The Labute approximate surface area is 122 Å². The maximum atomic E-state index is 5.50. The van der Waals surface area contributed by atoms with E-state index in [1.165, 1.54) is 16.7 Å². The summed E-state index contributed by atoms with van der Waals surface area (Å²) in [5.74, 6) is 1.85. The first-order chi connectivity index (χ1) is 9.54. The topological polar surface area (TPSA) is 9.23 Å². The average molecular weight is 267 g/mol. The first-order valence-corrected chi connectivity index (χ1v) is 7.24. The third kappa shape index (κ3) is 2.87. The van der Waals surface area contributed by atoms with Crippen LogP contribution in [0.1, 0.15) is 50.7 Å². The van der Waals surface area contributed by atoms with Gasteiger partial charge in [-0.05, 0) is 40.7 Å². The van der Waals surface area contributed by atoms with Gasteiger partial charge in [0, 0.05) is 5.56 Å². The van der Waals surface area contributed by atoms with Crippen LogP contribution in [0.4, 0.5) is 0 Å². The normalized spacial score (nSPS) is 11.2. The largest absolute Gasteiger partial charge is 0.496 e. The molecule has 0 aromatic heterocycles. The first-order valence-electron chi connectivity index (χ1n) is 7.24. The molecule has 0 amide bonds. The van der Waals surface area contributed by atoms with Gasteiger partial charge in [0.2, 0.25) is 0 Å². The van der Waals surface area contributed by atoms with E-state index in [4.69, 9.17) is 4.74 Å². The van der Waals surface area contributed by atoms with Crippen molar-refractivity contribution in [2.45, 2.75) is 39.5 Å². The molecule has 0 N–H and O–H groups in total. The van der Waals surface area contributed by atoms with Crippen LogP contribution >= 0.6 is 0 Å². The second-order valence-corrected chi connectivity index (χ2v) is 5.75. The number of benzene rings is 2. The van der Waals surface area contributed by atoms with E-state index in [1.54, 1.807) is 7.11 Å². The van der Waals surface area contributed by atoms with E-state index in [0.717, 1.165) is 11.3 Å². The lowest BCUT2D eigenvalue weighted by Gasteiger charge is -2.17. The van der Waals surface area contributed by atoms with Gasteiger partial charge in [0.15, 0.2) is 0 Å². The first kappa shape index (κ1) is 14.6. The minimum Gasteiger partial charge on any atom is -0.496 e. The van der Waals surface area contributed by atoms with Crippen LogP contribution in [0, 0.1) is 6.07 Å². The van der Waals surface area contributed by atoms with E-state index >= 15 is 0 Å². The highest BCUT2D eigenvalue weighted by molar-refractivity contribution is 5.74. The molecule has 20 heavy (non-hydrogen) atoms. The fourth-order valence-corrected chi connectivity index (χ4v) is 2.42. The third-order valence-corrected chi connectivity index (χ3v) is 3.60. The highest BCUT2D eigenvalue weighted by Crippen LogP contribution is 2.36. The summed E-state index contributed by atoms with van der Waals surface area (Å²) >= 11 is 0. The average Bonchev–Trinajstić information content (AvgIpc) is 2.46. The van der Waals surface area contributed by atoms with Crippen molar-refractivity contribution in [2.75, 3.05) is 7.11 Å². The van der Waals surface area contributed by atoms with Gasteiger partial charge in [-0.3, -0.25) is 0 Å². The van der Waals surface area contributed by atoms with Crippen LogP contribution in [0.5, 0.6) is 5.75 Å². The van der Waals surface area contributed by atoms with Crippen molar-refractivity contribution < 1.29 is 4.74 Å². The van der Waals surface area contributed by atoms with Crippen LogP contribution in [0.2, 0.25) is 0 Å².